The SMILES string of the molecule is O=C1C=CC(=O)N1.O=CC(O)C(O)C(O)C(O)CO. The zero-order chi connectivity index (χ0) is 15.0. The van der Waals surface area contributed by atoms with E-state index >= 15 is 0 Å². The number of aldehydes is 1. The number of aliphatic hydroxyl groups excluding tert-OH is 5. The third-order valence-corrected chi connectivity index (χ3v) is 2.05. The van der Waals surface area contributed by atoms with Crippen LogP contribution in [0.1, 0.15) is 0 Å². The summed E-state index contributed by atoms with van der Waals surface area (Å²) >= 11 is 0. The van der Waals surface area contributed by atoms with E-state index in [4.69, 9.17) is 25.5 Å². The maximum absolute atomic E-state index is 10.0. The van der Waals surface area contributed by atoms with Gasteiger partial charge in [-0.25, -0.2) is 0 Å². The van der Waals surface area contributed by atoms with Crippen LogP contribution in [0.4, 0.5) is 0 Å². The Morgan fingerprint density at radius 1 is 1.05 bits per heavy atom. The van der Waals surface area contributed by atoms with Gasteiger partial charge in [0.05, 0.1) is 6.61 Å². The molecule has 9 nitrogen and oxygen atoms in total. The van der Waals surface area contributed by atoms with Crippen molar-refractivity contribution in [3.05, 3.63) is 12.2 Å². The second-order valence-corrected chi connectivity index (χ2v) is 3.54. The highest BCUT2D eigenvalue weighted by atomic mass is 16.4. The van der Waals surface area contributed by atoms with E-state index in [9.17, 15) is 14.4 Å². The van der Waals surface area contributed by atoms with Crippen LogP contribution in [0.15, 0.2) is 12.2 Å². The molecule has 108 valence electrons. The molecule has 0 aliphatic carbocycles. The van der Waals surface area contributed by atoms with Crippen LogP contribution >= 0.6 is 0 Å². The van der Waals surface area contributed by atoms with Crippen molar-refractivity contribution in [2.24, 2.45) is 0 Å². The van der Waals surface area contributed by atoms with E-state index < -0.39 is 31.0 Å². The Morgan fingerprint density at radius 3 is 1.79 bits per heavy atom. The largest absolute Gasteiger partial charge is 0.394 e. The summed E-state index contributed by atoms with van der Waals surface area (Å²) < 4.78 is 0. The average Bonchev–Trinajstić information content (AvgIpc) is 2.79. The predicted molar refractivity (Wildman–Crippen MR) is 59.5 cm³/mol. The highest BCUT2D eigenvalue weighted by molar-refractivity contribution is 6.12. The fraction of sp³-hybridized carbons (Fsp3) is 0.500. The molecule has 0 radical (unpaired) electrons. The van der Waals surface area contributed by atoms with Crippen molar-refractivity contribution < 1.29 is 39.9 Å². The molecule has 4 unspecified atom stereocenters. The molecule has 0 fully saturated rings. The van der Waals surface area contributed by atoms with Crippen LogP contribution in [-0.4, -0.2) is 74.7 Å². The Labute approximate surface area is 107 Å². The lowest BCUT2D eigenvalue weighted by molar-refractivity contribution is -0.136. The molecule has 0 bridgehead atoms. The highest BCUT2D eigenvalue weighted by Gasteiger charge is 2.29. The number of nitrogens with one attached hydrogen (secondary N) is 1. The Balaban J connectivity index is 0.000000388. The molecule has 1 rings (SSSR count). The minimum absolute atomic E-state index is 0.0258. The minimum Gasteiger partial charge on any atom is -0.394 e. The number of carbonyl (C=O) groups is 3. The van der Waals surface area contributed by atoms with Gasteiger partial charge in [-0.05, 0) is 0 Å². The summed E-state index contributed by atoms with van der Waals surface area (Å²) in [5.41, 5.74) is 0. The summed E-state index contributed by atoms with van der Waals surface area (Å²) in [5.74, 6) is -0.657. The van der Waals surface area contributed by atoms with Crippen molar-refractivity contribution in [1.82, 2.24) is 5.32 Å². The Morgan fingerprint density at radius 2 is 1.53 bits per heavy atom. The lowest BCUT2D eigenvalue weighted by Gasteiger charge is -2.22. The smallest absolute Gasteiger partial charge is 0.250 e. The van der Waals surface area contributed by atoms with Crippen molar-refractivity contribution in [1.29, 1.82) is 0 Å². The van der Waals surface area contributed by atoms with Gasteiger partial charge in [0.2, 0.25) is 0 Å². The van der Waals surface area contributed by atoms with Gasteiger partial charge in [-0.15, -0.1) is 0 Å². The van der Waals surface area contributed by atoms with E-state index in [0.717, 1.165) is 0 Å². The molecule has 9 heteroatoms. The molecule has 0 spiro atoms. The van der Waals surface area contributed by atoms with Gasteiger partial charge in [0, 0.05) is 12.2 Å². The van der Waals surface area contributed by atoms with E-state index in [2.05, 4.69) is 0 Å². The normalized spacial score (nSPS) is 19.8. The monoisotopic (exact) mass is 277 g/mol. The van der Waals surface area contributed by atoms with Gasteiger partial charge >= 0.3 is 0 Å². The molecule has 1 heterocycles. The van der Waals surface area contributed by atoms with Gasteiger partial charge in [0.25, 0.3) is 11.8 Å². The lowest BCUT2D eigenvalue weighted by Crippen LogP contribution is -2.46. The zero-order valence-corrected chi connectivity index (χ0v) is 9.71. The van der Waals surface area contributed by atoms with E-state index in [1.807, 2.05) is 5.32 Å². The number of imide groups is 1. The molecule has 4 atom stereocenters. The molecule has 1 aliphatic rings. The standard InChI is InChI=1S/C6H12O6.C4H3NO2/c7-1-3(9)5(11)6(12)4(10)2-8;6-3-1-2-4(7)5-3/h1,3-6,8-12H,2H2;1-2H,(H,5,6,7). The molecule has 6 N–H and O–H groups in total. The van der Waals surface area contributed by atoms with Gasteiger partial charge in [0.1, 0.15) is 24.4 Å². The number of aliphatic hydroxyl groups is 5. The molecular formula is C10H15NO8. The van der Waals surface area contributed by atoms with Crippen LogP contribution in [0.2, 0.25) is 0 Å². The lowest BCUT2D eigenvalue weighted by atomic mass is 10.0. The maximum atomic E-state index is 10.0. The average molecular weight is 277 g/mol. The van der Waals surface area contributed by atoms with Gasteiger partial charge < -0.3 is 30.3 Å². The van der Waals surface area contributed by atoms with Crippen LogP contribution in [0.25, 0.3) is 0 Å². The molecule has 2 amide bonds. The van der Waals surface area contributed by atoms with Gasteiger partial charge in [-0.3, -0.25) is 14.9 Å². The summed E-state index contributed by atoms with van der Waals surface area (Å²) in [6, 6.07) is 0. The Bertz CT molecular complexity index is 339. The molecule has 0 aromatic carbocycles. The summed E-state index contributed by atoms with van der Waals surface area (Å²) in [6.07, 6.45) is -4.45. The molecule has 0 saturated heterocycles. The molecule has 0 aromatic rings. The second-order valence-electron chi connectivity index (χ2n) is 3.54. The minimum atomic E-state index is -1.79. The van der Waals surface area contributed by atoms with Crippen LogP contribution in [-0.2, 0) is 14.4 Å². The van der Waals surface area contributed by atoms with Gasteiger partial charge in [-0.2, -0.15) is 0 Å². The molecule has 0 aromatic heterocycles. The number of rotatable bonds is 5. The fourth-order valence-corrected chi connectivity index (χ4v) is 0.974. The molecule has 19 heavy (non-hydrogen) atoms. The van der Waals surface area contributed by atoms with E-state index in [-0.39, 0.29) is 18.1 Å². The highest BCUT2D eigenvalue weighted by Crippen LogP contribution is 2.02. The molecule has 0 saturated carbocycles. The quantitative estimate of drug-likeness (QED) is 0.217. The Hall–Kier alpha value is -1.65. The van der Waals surface area contributed by atoms with Crippen LogP contribution < -0.4 is 5.32 Å². The summed E-state index contributed by atoms with van der Waals surface area (Å²) in [4.78, 5) is 30.0. The van der Waals surface area contributed by atoms with Crippen LogP contribution in [0, 0.1) is 0 Å². The van der Waals surface area contributed by atoms with E-state index in [1.165, 1.54) is 12.2 Å². The zero-order valence-electron chi connectivity index (χ0n) is 9.71. The summed E-state index contributed by atoms with van der Waals surface area (Å²) in [7, 11) is 0. The summed E-state index contributed by atoms with van der Waals surface area (Å²) in [6.45, 7) is -0.760. The maximum Gasteiger partial charge on any atom is 0.250 e. The van der Waals surface area contributed by atoms with Gasteiger partial charge in [0.15, 0.2) is 6.29 Å². The number of hydrogen-bond donors (Lipinski definition) is 6. The summed E-state index contributed by atoms with van der Waals surface area (Å²) in [5, 5.41) is 45.6. The first-order valence-corrected chi connectivity index (χ1v) is 5.15. The first-order chi connectivity index (χ1) is 8.83. The van der Waals surface area contributed by atoms with Crippen LogP contribution in [0.5, 0.6) is 0 Å². The van der Waals surface area contributed by atoms with E-state index in [1.54, 1.807) is 0 Å². The van der Waals surface area contributed by atoms with Crippen molar-refractivity contribution in [3.63, 3.8) is 0 Å². The third kappa shape index (κ3) is 6.18. The molecule has 1 aliphatic heterocycles. The number of amides is 2. The van der Waals surface area contributed by atoms with Crippen molar-refractivity contribution in [2.75, 3.05) is 6.61 Å². The van der Waals surface area contributed by atoms with Crippen molar-refractivity contribution in [3.8, 4) is 0 Å². The van der Waals surface area contributed by atoms with Crippen molar-refractivity contribution in [2.45, 2.75) is 24.4 Å². The number of hydrogen-bond acceptors (Lipinski definition) is 8. The van der Waals surface area contributed by atoms with Crippen LogP contribution in [0.3, 0.4) is 0 Å². The second kappa shape index (κ2) is 8.45. The first-order valence-electron chi connectivity index (χ1n) is 5.15. The van der Waals surface area contributed by atoms with Gasteiger partial charge in [-0.1, -0.05) is 0 Å². The fourth-order valence-electron chi connectivity index (χ4n) is 0.974. The Kier molecular flexibility index (Phi) is 7.72. The predicted octanol–water partition coefficient (Wildman–Crippen LogP) is -4.18. The third-order valence-electron chi connectivity index (χ3n) is 2.05. The number of carbonyl (C=O) groups excluding carboxylic acids is 3. The van der Waals surface area contributed by atoms with Crippen molar-refractivity contribution >= 4 is 18.1 Å². The topological polar surface area (TPSA) is 164 Å². The first kappa shape index (κ1) is 17.4. The molecular weight excluding hydrogens is 262 g/mol. The van der Waals surface area contributed by atoms with E-state index in [0.29, 0.717) is 0 Å².